The van der Waals surface area contributed by atoms with Crippen molar-refractivity contribution in [1.29, 1.82) is 0 Å². The molecule has 0 spiro atoms. The minimum atomic E-state index is 0.293. The van der Waals surface area contributed by atoms with Crippen LogP contribution in [0.2, 0.25) is 15.2 Å². The number of hydrogen-bond acceptors (Lipinski definition) is 3. The summed E-state index contributed by atoms with van der Waals surface area (Å²) in [7, 11) is 0. The van der Waals surface area contributed by atoms with Gasteiger partial charge < -0.3 is 9.64 Å². The zero-order valence-electron chi connectivity index (χ0n) is 9.00. The van der Waals surface area contributed by atoms with Gasteiger partial charge in [0.25, 0.3) is 0 Å². The average Bonchev–Trinajstić information content (AvgIpc) is 2.63. The number of ether oxygens (including phenoxy) is 1. The van der Waals surface area contributed by atoms with Crippen LogP contribution < -0.4 is 4.90 Å². The molecule has 92 valence electrons. The van der Waals surface area contributed by atoms with Crippen LogP contribution >= 0.6 is 34.8 Å². The van der Waals surface area contributed by atoms with Gasteiger partial charge >= 0.3 is 0 Å². The van der Waals surface area contributed by atoms with Crippen LogP contribution in [0.15, 0.2) is 6.07 Å². The fourth-order valence-corrected chi connectivity index (χ4v) is 3.06. The van der Waals surface area contributed by atoms with E-state index in [1.807, 2.05) is 0 Å². The van der Waals surface area contributed by atoms with Gasteiger partial charge in [-0.25, -0.2) is 4.98 Å². The van der Waals surface area contributed by atoms with Gasteiger partial charge in [-0.15, -0.1) is 0 Å². The lowest BCUT2D eigenvalue weighted by Gasteiger charge is -2.33. The number of hydrogen-bond donors (Lipinski definition) is 0. The van der Waals surface area contributed by atoms with E-state index in [9.17, 15) is 0 Å². The van der Waals surface area contributed by atoms with Crippen molar-refractivity contribution in [2.45, 2.75) is 25.0 Å². The van der Waals surface area contributed by atoms with Gasteiger partial charge in [0, 0.05) is 13.1 Å². The Balaban J connectivity index is 1.91. The lowest BCUT2D eigenvalue weighted by atomic mass is 10.2. The maximum Gasteiger partial charge on any atom is 0.150 e. The summed E-state index contributed by atoms with van der Waals surface area (Å²) < 4.78 is 5.77. The molecule has 2 bridgehead atoms. The largest absolute Gasteiger partial charge is 0.371 e. The lowest BCUT2D eigenvalue weighted by molar-refractivity contribution is 0.0302. The number of fused-ring (bicyclic) bond motifs is 2. The first-order chi connectivity index (χ1) is 8.13. The number of anilines is 1. The maximum atomic E-state index is 6.16. The Morgan fingerprint density at radius 1 is 1.12 bits per heavy atom. The molecule has 0 aromatic carbocycles. The molecular formula is C11H11Cl3N2O. The smallest absolute Gasteiger partial charge is 0.150 e. The van der Waals surface area contributed by atoms with Crippen LogP contribution in [-0.4, -0.2) is 30.3 Å². The normalized spacial score (nSPS) is 27.6. The summed E-state index contributed by atoms with van der Waals surface area (Å²) in [5, 5.41) is 1.22. The van der Waals surface area contributed by atoms with E-state index in [1.165, 1.54) is 0 Å². The summed E-state index contributed by atoms with van der Waals surface area (Å²) in [5.74, 6) is 0.710. The summed E-state index contributed by atoms with van der Waals surface area (Å²) in [5.41, 5.74) is 0. The zero-order valence-corrected chi connectivity index (χ0v) is 11.3. The Hall–Kier alpha value is -0.220. The predicted molar refractivity (Wildman–Crippen MR) is 69.4 cm³/mol. The van der Waals surface area contributed by atoms with Gasteiger partial charge in [0.2, 0.25) is 0 Å². The molecule has 2 saturated heterocycles. The molecular weight excluding hydrogens is 282 g/mol. The molecule has 0 amide bonds. The van der Waals surface area contributed by atoms with E-state index in [-0.39, 0.29) is 0 Å². The first-order valence-corrected chi connectivity index (χ1v) is 6.69. The van der Waals surface area contributed by atoms with Gasteiger partial charge in [-0.3, -0.25) is 0 Å². The van der Waals surface area contributed by atoms with Crippen molar-refractivity contribution in [3.05, 3.63) is 21.3 Å². The van der Waals surface area contributed by atoms with Crippen LogP contribution in [0.1, 0.15) is 12.8 Å². The van der Waals surface area contributed by atoms with E-state index >= 15 is 0 Å². The molecule has 0 radical (unpaired) electrons. The minimum absolute atomic E-state index is 0.293. The van der Waals surface area contributed by atoms with Crippen molar-refractivity contribution in [3.8, 4) is 0 Å². The number of halogens is 3. The van der Waals surface area contributed by atoms with Crippen molar-refractivity contribution in [1.82, 2.24) is 4.98 Å². The van der Waals surface area contributed by atoms with Gasteiger partial charge in [-0.2, -0.15) is 0 Å². The van der Waals surface area contributed by atoms with Crippen molar-refractivity contribution in [3.63, 3.8) is 0 Å². The first kappa shape index (κ1) is 11.8. The van der Waals surface area contributed by atoms with Crippen LogP contribution in [0.25, 0.3) is 0 Å². The third-order valence-corrected chi connectivity index (χ3v) is 4.16. The summed E-state index contributed by atoms with van der Waals surface area (Å²) >= 11 is 18.0. The SMILES string of the molecule is Clc1cc(Cl)c(N2CC3CCC(C2)O3)nc1Cl. The summed E-state index contributed by atoms with van der Waals surface area (Å²) in [4.78, 5) is 6.40. The highest BCUT2D eigenvalue weighted by Crippen LogP contribution is 2.35. The van der Waals surface area contributed by atoms with Gasteiger partial charge in [0.15, 0.2) is 0 Å². The Morgan fingerprint density at radius 2 is 1.76 bits per heavy atom. The molecule has 2 aliphatic rings. The predicted octanol–water partition coefficient (Wildman–Crippen LogP) is 3.41. The standard InChI is InChI=1S/C11H11Cl3N2O/c12-8-3-9(13)11(15-10(8)14)16-4-6-1-2-7(5-16)17-6/h3,6-7H,1-2,4-5H2. The molecule has 1 aromatic rings. The van der Waals surface area contributed by atoms with E-state index in [2.05, 4.69) is 9.88 Å². The highest BCUT2D eigenvalue weighted by molar-refractivity contribution is 6.42. The highest BCUT2D eigenvalue weighted by Gasteiger charge is 2.35. The zero-order chi connectivity index (χ0) is 12.0. The second kappa shape index (κ2) is 4.47. The molecule has 3 nitrogen and oxygen atoms in total. The van der Waals surface area contributed by atoms with E-state index in [1.54, 1.807) is 6.07 Å². The summed E-state index contributed by atoms with van der Waals surface area (Å²) in [6, 6.07) is 1.64. The summed E-state index contributed by atoms with van der Waals surface area (Å²) in [6.45, 7) is 1.64. The van der Waals surface area contributed by atoms with Gasteiger partial charge in [0.1, 0.15) is 11.0 Å². The van der Waals surface area contributed by atoms with Crippen LogP contribution in [0.4, 0.5) is 5.82 Å². The Morgan fingerprint density at radius 3 is 2.41 bits per heavy atom. The van der Waals surface area contributed by atoms with Crippen molar-refractivity contribution < 1.29 is 4.74 Å². The lowest BCUT2D eigenvalue weighted by Crippen LogP contribution is -2.43. The molecule has 1 aromatic heterocycles. The molecule has 17 heavy (non-hydrogen) atoms. The minimum Gasteiger partial charge on any atom is -0.371 e. The first-order valence-electron chi connectivity index (χ1n) is 5.55. The van der Waals surface area contributed by atoms with Crippen LogP contribution in [-0.2, 0) is 4.74 Å². The average molecular weight is 294 g/mol. The fraction of sp³-hybridized carbons (Fsp3) is 0.545. The number of nitrogens with zero attached hydrogens (tertiary/aromatic N) is 2. The molecule has 0 N–H and O–H groups in total. The molecule has 2 unspecified atom stereocenters. The molecule has 3 heterocycles. The van der Waals surface area contributed by atoms with Gasteiger partial charge in [-0.1, -0.05) is 34.8 Å². The molecule has 0 aliphatic carbocycles. The van der Waals surface area contributed by atoms with E-state index < -0.39 is 0 Å². The quantitative estimate of drug-likeness (QED) is 0.742. The number of aromatic nitrogens is 1. The maximum absolute atomic E-state index is 6.16. The molecule has 2 fully saturated rings. The topological polar surface area (TPSA) is 25.4 Å². The second-order valence-electron chi connectivity index (χ2n) is 4.43. The molecule has 3 rings (SSSR count). The molecule has 0 saturated carbocycles. The monoisotopic (exact) mass is 292 g/mol. The van der Waals surface area contributed by atoms with Crippen LogP contribution in [0.5, 0.6) is 0 Å². The van der Waals surface area contributed by atoms with Crippen LogP contribution in [0, 0.1) is 0 Å². The fourth-order valence-electron chi connectivity index (χ4n) is 2.44. The summed E-state index contributed by atoms with van der Waals surface area (Å²) in [6.07, 6.45) is 2.81. The number of rotatable bonds is 1. The Kier molecular flexibility index (Phi) is 3.11. The van der Waals surface area contributed by atoms with E-state index in [0.29, 0.717) is 33.2 Å². The molecule has 2 aliphatic heterocycles. The van der Waals surface area contributed by atoms with Crippen molar-refractivity contribution >= 4 is 40.6 Å². The van der Waals surface area contributed by atoms with E-state index in [4.69, 9.17) is 39.5 Å². The third-order valence-electron chi connectivity index (χ3n) is 3.21. The number of pyridine rings is 1. The van der Waals surface area contributed by atoms with Crippen molar-refractivity contribution in [2.24, 2.45) is 0 Å². The highest BCUT2D eigenvalue weighted by atomic mass is 35.5. The third kappa shape index (κ3) is 2.22. The molecule has 2 atom stereocenters. The Bertz CT molecular complexity index is 443. The molecule has 6 heteroatoms. The second-order valence-corrected chi connectivity index (χ2v) is 5.60. The van der Waals surface area contributed by atoms with Gasteiger partial charge in [0.05, 0.1) is 22.3 Å². The van der Waals surface area contributed by atoms with Gasteiger partial charge in [-0.05, 0) is 18.9 Å². The van der Waals surface area contributed by atoms with E-state index in [0.717, 1.165) is 25.9 Å². The van der Waals surface area contributed by atoms with Crippen LogP contribution in [0.3, 0.4) is 0 Å². The Labute approximate surface area is 115 Å². The number of morpholine rings is 1. The van der Waals surface area contributed by atoms with Crippen molar-refractivity contribution in [2.75, 3.05) is 18.0 Å².